The largest absolute Gasteiger partial charge is 0.384 e. The number of aryl methyl sites for hydroxylation is 1. The monoisotopic (exact) mass is 294 g/mol. The quantitative estimate of drug-likeness (QED) is 0.898. The van der Waals surface area contributed by atoms with Crippen molar-refractivity contribution in [3.8, 4) is 0 Å². The summed E-state index contributed by atoms with van der Waals surface area (Å²) in [5.74, 6) is 0. The molecule has 0 fully saturated rings. The average Bonchev–Trinajstić information content (AvgIpc) is 2.99. The highest BCUT2D eigenvalue weighted by atomic mass is 35.5. The lowest BCUT2D eigenvalue weighted by molar-refractivity contribution is 0.700. The van der Waals surface area contributed by atoms with Crippen LogP contribution >= 0.6 is 23.7 Å². The maximum absolute atomic E-state index is 3.55. The molecule has 102 valence electrons. The van der Waals surface area contributed by atoms with Gasteiger partial charge in [0.25, 0.3) is 0 Å². The standard InChI is InChI=1S/C15H18N2S.ClH/c1-11-6-8-18-14(11)10-16-9-13-4-2-3-12-5-7-17-15(12)13;/h2-4,6,8,16-17H,5,7,9-10H2,1H3;1H. The van der Waals surface area contributed by atoms with E-state index in [2.05, 4.69) is 47.2 Å². The molecule has 0 spiro atoms. The predicted octanol–water partition coefficient (Wildman–Crippen LogP) is 3.74. The Bertz CT molecular complexity index is 551. The summed E-state index contributed by atoms with van der Waals surface area (Å²) < 4.78 is 0. The van der Waals surface area contributed by atoms with Gasteiger partial charge < -0.3 is 10.6 Å². The lowest BCUT2D eigenvalue weighted by Gasteiger charge is -2.10. The summed E-state index contributed by atoms with van der Waals surface area (Å²) in [6.45, 7) is 5.16. The van der Waals surface area contributed by atoms with Gasteiger partial charge in [-0.1, -0.05) is 18.2 Å². The molecule has 0 bridgehead atoms. The third-order valence-corrected chi connectivity index (χ3v) is 4.53. The zero-order valence-corrected chi connectivity index (χ0v) is 12.7. The van der Waals surface area contributed by atoms with Crippen LogP contribution in [0.1, 0.15) is 21.6 Å². The molecule has 0 saturated heterocycles. The van der Waals surface area contributed by atoms with Gasteiger partial charge in [-0.15, -0.1) is 23.7 Å². The molecule has 0 saturated carbocycles. The first-order valence-electron chi connectivity index (χ1n) is 6.43. The second-order valence-corrected chi connectivity index (χ2v) is 5.76. The van der Waals surface area contributed by atoms with E-state index in [1.54, 1.807) is 0 Å². The van der Waals surface area contributed by atoms with Crippen molar-refractivity contribution in [3.05, 3.63) is 51.2 Å². The van der Waals surface area contributed by atoms with E-state index in [1.165, 1.54) is 27.3 Å². The summed E-state index contributed by atoms with van der Waals surface area (Å²) in [5, 5.41) is 9.19. The van der Waals surface area contributed by atoms with Crippen LogP contribution in [0.25, 0.3) is 0 Å². The number of benzene rings is 1. The number of hydrogen-bond acceptors (Lipinski definition) is 3. The van der Waals surface area contributed by atoms with Crippen LogP contribution in [-0.4, -0.2) is 6.54 Å². The molecular weight excluding hydrogens is 276 g/mol. The Labute approximate surface area is 124 Å². The lowest BCUT2D eigenvalue weighted by Crippen LogP contribution is -2.13. The van der Waals surface area contributed by atoms with Gasteiger partial charge >= 0.3 is 0 Å². The van der Waals surface area contributed by atoms with Gasteiger partial charge in [-0.2, -0.15) is 0 Å². The number of fused-ring (bicyclic) bond motifs is 1. The zero-order chi connectivity index (χ0) is 12.4. The summed E-state index contributed by atoms with van der Waals surface area (Å²) in [6, 6.07) is 8.79. The predicted molar refractivity (Wildman–Crippen MR) is 85.5 cm³/mol. The molecule has 1 aromatic heterocycles. The molecule has 2 nitrogen and oxygen atoms in total. The fourth-order valence-electron chi connectivity index (χ4n) is 2.45. The summed E-state index contributed by atoms with van der Waals surface area (Å²) in [7, 11) is 0. The van der Waals surface area contributed by atoms with Crippen LogP contribution in [0.15, 0.2) is 29.6 Å². The van der Waals surface area contributed by atoms with Crippen molar-refractivity contribution in [2.45, 2.75) is 26.4 Å². The van der Waals surface area contributed by atoms with Crippen molar-refractivity contribution in [3.63, 3.8) is 0 Å². The maximum atomic E-state index is 3.55. The van der Waals surface area contributed by atoms with E-state index < -0.39 is 0 Å². The Morgan fingerprint density at radius 2 is 2.16 bits per heavy atom. The van der Waals surface area contributed by atoms with E-state index in [9.17, 15) is 0 Å². The molecule has 0 aliphatic carbocycles. The SMILES string of the molecule is Cc1ccsc1CNCc1cccc2c1NCC2.Cl. The third-order valence-electron chi connectivity index (χ3n) is 3.50. The number of rotatable bonds is 4. The summed E-state index contributed by atoms with van der Waals surface area (Å²) >= 11 is 1.83. The fraction of sp³-hybridized carbons (Fsp3) is 0.333. The molecule has 3 rings (SSSR count). The van der Waals surface area contributed by atoms with Crippen LogP contribution in [0.2, 0.25) is 0 Å². The van der Waals surface area contributed by atoms with E-state index in [0.29, 0.717) is 0 Å². The molecular formula is C15H19ClN2S. The minimum atomic E-state index is 0. The van der Waals surface area contributed by atoms with Crippen LogP contribution in [0.5, 0.6) is 0 Å². The van der Waals surface area contributed by atoms with Crippen molar-refractivity contribution in [1.29, 1.82) is 0 Å². The average molecular weight is 295 g/mol. The first kappa shape index (κ1) is 14.4. The molecule has 4 heteroatoms. The number of halogens is 1. The van der Waals surface area contributed by atoms with E-state index in [1.807, 2.05) is 11.3 Å². The zero-order valence-electron chi connectivity index (χ0n) is 11.0. The molecule has 0 atom stereocenters. The number of para-hydroxylation sites is 1. The highest BCUT2D eigenvalue weighted by molar-refractivity contribution is 7.10. The molecule has 0 unspecified atom stereocenters. The molecule has 0 radical (unpaired) electrons. The van der Waals surface area contributed by atoms with Gasteiger partial charge in [0.05, 0.1) is 0 Å². The van der Waals surface area contributed by atoms with E-state index in [0.717, 1.165) is 26.1 Å². The summed E-state index contributed by atoms with van der Waals surface area (Å²) in [4.78, 5) is 1.44. The molecule has 2 aromatic rings. The Balaban J connectivity index is 0.00000133. The molecule has 1 aliphatic heterocycles. The van der Waals surface area contributed by atoms with Gasteiger partial charge in [-0.25, -0.2) is 0 Å². The van der Waals surface area contributed by atoms with Crippen LogP contribution in [0.4, 0.5) is 5.69 Å². The van der Waals surface area contributed by atoms with Crippen LogP contribution in [0.3, 0.4) is 0 Å². The Morgan fingerprint density at radius 3 is 2.95 bits per heavy atom. The van der Waals surface area contributed by atoms with E-state index >= 15 is 0 Å². The van der Waals surface area contributed by atoms with Gasteiger partial charge in [0, 0.05) is 30.2 Å². The second kappa shape index (κ2) is 6.42. The first-order chi connectivity index (χ1) is 8.84. The Morgan fingerprint density at radius 1 is 1.26 bits per heavy atom. The van der Waals surface area contributed by atoms with Crippen molar-refractivity contribution in [2.75, 3.05) is 11.9 Å². The first-order valence-corrected chi connectivity index (χ1v) is 7.31. The highest BCUT2D eigenvalue weighted by Gasteiger charge is 2.12. The van der Waals surface area contributed by atoms with Crippen LogP contribution in [0, 0.1) is 6.92 Å². The number of nitrogens with one attached hydrogen (secondary N) is 2. The van der Waals surface area contributed by atoms with Gasteiger partial charge in [-0.05, 0) is 41.5 Å². The Kier molecular flexibility index (Phi) is 4.86. The molecule has 1 aromatic carbocycles. The summed E-state index contributed by atoms with van der Waals surface area (Å²) in [5.41, 5.74) is 5.60. The van der Waals surface area contributed by atoms with Crippen LogP contribution in [-0.2, 0) is 19.5 Å². The van der Waals surface area contributed by atoms with Crippen molar-refractivity contribution < 1.29 is 0 Å². The smallest absolute Gasteiger partial charge is 0.0419 e. The van der Waals surface area contributed by atoms with E-state index in [-0.39, 0.29) is 12.4 Å². The topological polar surface area (TPSA) is 24.1 Å². The van der Waals surface area contributed by atoms with Crippen molar-refractivity contribution in [2.24, 2.45) is 0 Å². The van der Waals surface area contributed by atoms with Crippen molar-refractivity contribution >= 4 is 29.4 Å². The number of thiophene rings is 1. The minimum absolute atomic E-state index is 0. The molecule has 2 N–H and O–H groups in total. The summed E-state index contributed by atoms with van der Waals surface area (Å²) in [6.07, 6.45) is 1.16. The lowest BCUT2D eigenvalue weighted by atomic mass is 10.1. The third kappa shape index (κ3) is 3.11. The molecule has 1 aliphatic rings. The van der Waals surface area contributed by atoms with Gasteiger partial charge in [0.1, 0.15) is 0 Å². The normalized spacial score (nSPS) is 12.7. The minimum Gasteiger partial charge on any atom is -0.384 e. The van der Waals surface area contributed by atoms with E-state index in [4.69, 9.17) is 0 Å². The number of anilines is 1. The van der Waals surface area contributed by atoms with Gasteiger partial charge in [0.15, 0.2) is 0 Å². The van der Waals surface area contributed by atoms with Gasteiger partial charge in [0.2, 0.25) is 0 Å². The maximum Gasteiger partial charge on any atom is 0.0419 e. The Hall–Kier alpha value is -1.03. The highest BCUT2D eigenvalue weighted by Crippen LogP contribution is 2.26. The van der Waals surface area contributed by atoms with Crippen LogP contribution < -0.4 is 10.6 Å². The second-order valence-electron chi connectivity index (χ2n) is 4.76. The number of hydrogen-bond donors (Lipinski definition) is 2. The van der Waals surface area contributed by atoms with Gasteiger partial charge in [-0.3, -0.25) is 0 Å². The molecule has 2 heterocycles. The molecule has 0 amide bonds. The van der Waals surface area contributed by atoms with Crippen molar-refractivity contribution in [1.82, 2.24) is 5.32 Å². The fourth-order valence-corrected chi connectivity index (χ4v) is 3.33. The molecule has 19 heavy (non-hydrogen) atoms.